The molecule has 1 aromatic heterocycles. The van der Waals surface area contributed by atoms with Crippen molar-refractivity contribution in [2.24, 2.45) is 0 Å². The lowest BCUT2D eigenvalue weighted by Gasteiger charge is -2.32. The van der Waals surface area contributed by atoms with Crippen molar-refractivity contribution < 1.29 is 0 Å². The van der Waals surface area contributed by atoms with E-state index in [4.69, 9.17) is 0 Å². The van der Waals surface area contributed by atoms with Gasteiger partial charge in [-0.1, -0.05) is 19.1 Å². The molecule has 0 aliphatic carbocycles. The Morgan fingerprint density at radius 3 is 2.60 bits per heavy atom. The molecule has 0 unspecified atom stereocenters. The number of anilines is 1. The first-order chi connectivity index (χ1) is 9.85. The van der Waals surface area contributed by atoms with Gasteiger partial charge in [0.05, 0.1) is 18.2 Å². The van der Waals surface area contributed by atoms with Gasteiger partial charge in [-0.3, -0.25) is 0 Å². The highest BCUT2D eigenvalue weighted by atomic mass is 15.1. The van der Waals surface area contributed by atoms with Crippen molar-refractivity contribution in [2.45, 2.75) is 25.8 Å². The smallest absolute Gasteiger partial charge is 0.0924 e. The van der Waals surface area contributed by atoms with Crippen LogP contribution in [-0.2, 0) is 0 Å². The number of benzene rings is 1. The SMILES string of the molecule is CCN1CCC(Nc2ccc(-c3cnc[nH]3)cc2)CC1. The number of hydrogen-bond donors (Lipinski definition) is 2. The topological polar surface area (TPSA) is 44.0 Å². The Morgan fingerprint density at radius 2 is 2.00 bits per heavy atom. The first-order valence-electron chi connectivity index (χ1n) is 7.43. The van der Waals surface area contributed by atoms with Crippen LogP contribution in [0.5, 0.6) is 0 Å². The number of aromatic nitrogens is 2. The standard InChI is InChI=1S/C16H22N4/c1-2-20-9-7-15(8-10-20)19-14-5-3-13(4-6-14)16-11-17-12-18-16/h3-6,11-12,15,19H,2,7-10H2,1H3,(H,17,18). The lowest BCUT2D eigenvalue weighted by atomic mass is 10.0. The molecule has 2 aromatic rings. The third kappa shape index (κ3) is 3.02. The van der Waals surface area contributed by atoms with Crippen LogP contribution in [0.3, 0.4) is 0 Å². The van der Waals surface area contributed by atoms with E-state index in [1.807, 2.05) is 6.20 Å². The van der Waals surface area contributed by atoms with Gasteiger partial charge in [0.2, 0.25) is 0 Å². The van der Waals surface area contributed by atoms with E-state index in [0.29, 0.717) is 6.04 Å². The van der Waals surface area contributed by atoms with Crippen LogP contribution in [0.15, 0.2) is 36.8 Å². The molecule has 0 atom stereocenters. The predicted molar refractivity (Wildman–Crippen MR) is 82.8 cm³/mol. The van der Waals surface area contributed by atoms with Crippen molar-refractivity contribution in [3.05, 3.63) is 36.8 Å². The van der Waals surface area contributed by atoms with E-state index in [1.54, 1.807) is 6.33 Å². The van der Waals surface area contributed by atoms with E-state index in [9.17, 15) is 0 Å². The van der Waals surface area contributed by atoms with Crippen molar-refractivity contribution in [1.82, 2.24) is 14.9 Å². The van der Waals surface area contributed by atoms with Crippen LogP contribution in [-0.4, -0.2) is 40.5 Å². The molecule has 0 saturated carbocycles. The van der Waals surface area contributed by atoms with E-state index in [1.165, 1.54) is 43.7 Å². The third-order valence-corrected chi connectivity index (χ3v) is 4.10. The highest BCUT2D eigenvalue weighted by Crippen LogP contribution is 2.21. The number of nitrogens with one attached hydrogen (secondary N) is 2. The van der Waals surface area contributed by atoms with Gasteiger partial charge in [0.25, 0.3) is 0 Å². The summed E-state index contributed by atoms with van der Waals surface area (Å²) in [4.78, 5) is 9.70. The summed E-state index contributed by atoms with van der Waals surface area (Å²) >= 11 is 0. The van der Waals surface area contributed by atoms with Crippen LogP contribution in [0.4, 0.5) is 5.69 Å². The van der Waals surface area contributed by atoms with Crippen molar-refractivity contribution >= 4 is 5.69 Å². The quantitative estimate of drug-likeness (QED) is 0.897. The molecule has 20 heavy (non-hydrogen) atoms. The highest BCUT2D eigenvalue weighted by molar-refractivity contribution is 5.62. The fourth-order valence-electron chi connectivity index (χ4n) is 2.79. The molecule has 1 aromatic carbocycles. The molecule has 0 radical (unpaired) electrons. The number of H-pyrrole nitrogens is 1. The molecule has 1 fully saturated rings. The molecule has 0 bridgehead atoms. The van der Waals surface area contributed by atoms with Gasteiger partial charge in [0, 0.05) is 24.8 Å². The first-order valence-corrected chi connectivity index (χ1v) is 7.43. The van der Waals surface area contributed by atoms with Crippen molar-refractivity contribution in [2.75, 3.05) is 25.0 Å². The van der Waals surface area contributed by atoms with Crippen LogP contribution < -0.4 is 5.32 Å². The van der Waals surface area contributed by atoms with Gasteiger partial charge in [-0.15, -0.1) is 0 Å². The van der Waals surface area contributed by atoms with E-state index < -0.39 is 0 Å². The van der Waals surface area contributed by atoms with Crippen LogP contribution >= 0.6 is 0 Å². The van der Waals surface area contributed by atoms with Crippen LogP contribution in [0, 0.1) is 0 Å². The third-order valence-electron chi connectivity index (χ3n) is 4.10. The Balaban J connectivity index is 1.59. The number of rotatable bonds is 4. The summed E-state index contributed by atoms with van der Waals surface area (Å²) in [7, 11) is 0. The van der Waals surface area contributed by atoms with E-state index in [0.717, 1.165) is 5.69 Å². The maximum absolute atomic E-state index is 4.05. The molecular weight excluding hydrogens is 248 g/mol. The lowest BCUT2D eigenvalue weighted by Crippen LogP contribution is -2.38. The number of piperidine rings is 1. The summed E-state index contributed by atoms with van der Waals surface area (Å²) in [5.41, 5.74) is 3.45. The lowest BCUT2D eigenvalue weighted by molar-refractivity contribution is 0.229. The average molecular weight is 270 g/mol. The molecule has 4 nitrogen and oxygen atoms in total. The van der Waals surface area contributed by atoms with Crippen molar-refractivity contribution in [1.29, 1.82) is 0 Å². The zero-order valence-electron chi connectivity index (χ0n) is 12.0. The number of imidazole rings is 1. The molecule has 1 saturated heterocycles. The maximum atomic E-state index is 4.05. The molecule has 2 N–H and O–H groups in total. The van der Waals surface area contributed by atoms with Gasteiger partial charge in [-0.25, -0.2) is 4.98 Å². The molecule has 2 heterocycles. The normalized spacial score (nSPS) is 17.2. The number of nitrogens with zero attached hydrogens (tertiary/aromatic N) is 2. The van der Waals surface area contributed by atoms with Crippen molar-refractivity contribution in [3.63, 3.8) is 0 Å². The van der Waals surface area contributed by atoms with Gasteiger partial charge in [0.1, 0.15) is 0 Å². The van der Waals surface area contributed by atoms with Crippen LogP contribution in [0.1, 0.15) is 19.8 Å². The van der Waals surface area contributed by atoms with Crippen LogP contribution in [0.2, 0.25) is 0 Å². The van der Waals surface area contributed by atoms with Gasteiger partial charge in [0.15, 0.2) is 0 Å². The zero-order chi connectivity index (χ0) is 13.8. The second-order valence-corrected chi connectivity index (χ2v) is 5.40. The van der Waals surface area contributed by atoms with Gasteiger partial charge in [-0.05, 0) is 37.1 Å². The van der Waals surface area contributed by atoms with Gasteiger partial charge in [-0.2, -0.15) is 0 Å². The maximum Gasteiger partial charge on any atom is 0.0924 e. The molecule has 0 amide bonds. The van der Waals surface area contributed by atoms with Gasteiger partial charge >= 0.3 is 0 Å². The first kappa shape index (κ1) is 13.2. The summed E-state index contributed by atoms with van der Waals surface area (Å²) in [6, 6.07) is 9.19. The minimum atomic E-state index is 0.607. The summed E-state index contributed by atoms with van der Waals surface area (Å²) in [6.07, 6.45) is 6.03. The Bertz CT molecular complexity index is 510. The average Bonchev–Trinajstić information content (AvgIpc) is 3.03. The second kappa shape index (κ2) is 6.09. The Kier molecular flexibility index (Phi) is 4.02. The Labute approximate surface area is 120 Å². The molecule has 1 aliphatic heterocycles. The van der Waals surface area contributed by atoms with Gasteiger partial charge < -0.3 is 15.2 Å². The number of hydrogen-bond acceptors (Lipinski definition) is 3. The molecule has 3 rings (SSSR count). The monoisotopic (exact) mass is 270 g/mol. The Hall–Kier alpha value is -1.81. The predicted octanol–water partition coefficient (Wildman–Crippen LogP) is 2.97. The molecule has 1 aliphatic rings. The van der Waals surface area contributed by atoms with E-state index >= 15 is 0 Å². The zero-order valence-corrected chi connectivity index (χ0v) is 12.0. The highest BCUT2D eigenvalue weighted by Gasteiger charge is 2.17. The largest absolute Gasteiger partial charge is 0.382 e. The summed E-state index contributed by atoms with van der Waals surface area (Å²) in [6.45, 7) is 5.83. The van der Waals surface area contributed by atoms with Crippen LogP contribution in [0.25, 0.3) is 11.3 Å². The summed E-state index contributed by atoms with van der Waals surface area (Å²) in [5, 5.41) is 3.65. The summed E-state index contributed by atoms with van der Waals surface area (Å²) in [5.74, 6) is 0. The molecule has 4 heteroatoms. The Morgan fingerprint density at radius 1 is 1.25 bits per heavy atom. The van der Waals surface area contributed by atoms with E-state index in [2.05, 4.69) is 51.4 Å². The number of aromatic amines is 1. The molecule has 106 valence electrons. The molecular formula is C16H22N4. The molecule has 0 spiro atoms. The summed E-state index contributed by atoms with van der Waals surface area (Å²) < 4.78 is 0. The minimum absolute atomic E-state index is 0.607. The fourth-order valence-corrected chi connectivity index (χ4v) is 2.79. The minimum Gasteiger partial charge on any atom is -0.382 e. The number of likely N-dealkylation sites (tertiary alicyclic amines) is 1. The van der Waals surface area contributed by atoms with E-state index in [-0.39, 0.29) is 0 Å². The second-order valence-electron chi connectivity index (χ2n) is 5.40. The van der Waals surface area contributed by atoms with Crippen molar-refractivity contribution in [3.8, 4) is 11.3 Å². The fraction of sp³-hybridized carbons (Fsp3) is 0.438.